The Kier molecular flexibility index (Phi) is 6.16. The van der Waals surface area contributed by atoms with Gasteiger partial charge in [-0.1, -0.05) is 109 Å². The highest BCUT2D eigenvalue weighted by atomic mass is 28.3. The van der Waals surface area contributed by atoms with Crippen LogP contribution in [0.4, 0.5) is 0 Å². The summed E-state index contributed by atoms with van der Waals surface area (Å²) < 4.78 is 0. The first kappa shape index (κ1) is 27.8. The van der Waals surface area contributed by atoms with Gasteiger partial charge in [0, 0.05) is 34.3 Å². The van der Waals surface area contributed by atoms with Gasteiger partial charge in [0.15, 0.2) is 8.07 Å². The Morgan fingerprint density at radius 2 is 0.776 bits per heavy atom. The van der Waals surface area contributed by atoms with Crippen molar-refractivity contribution in [2.45, 2.75) is 0 Å². The van der Waals surface area contributed by atoms with Crippen LogP contribution in [0.2, 0.25) is 0 Å². The van der Waals surface area contributed by atoms with Gasteiger partial charge in [0.05, 0.1) is 33.8 Å². The first-order valence-corrected chi connectivity index (χ1v) is 18.6. The molecule has 6 heterocycles. The Balaban J connectivity index is 1.46. The van der Waals surface area contributed by atoms with Gasteiger partial charge in [-0.3, -0.25) is 9.97 Å². The average molecular weight is 641 g/mol. The zero-order valence-corrected chi connectivity index (χ0v) is 27.5. The van der Waals surface area contributed by atoms with Crippen LogP contribution in [0, 0.1) is 0 Å². The lowest BCUT2D eigenvalue weighted by Gasteiger charge is -2.32. The van der Waals surface area contributed by atoms with Crippen molar-refractivity contribution in [2.24, 2.45) is 0 Å². The number of hydrogen-bond acceptors (Lipinski definition) is 4. The van der Waals surface area contributed by atoms with Gasteiger partial charge in [-0.2, -0.15) is 0 Å². The molecule has 0 bridgehead atoms. The number of pyridine rings is 4. The zero-order valence-electron chi connectivity index (χ0n) is 26.5. The minimum atomic E-state index is -3.12. The van der Waals surface area contributed by atoms with Crippen molar-refractivity contribution in [2.75, 3.05) is 0 Å². The van der Waals surface area contributed by atoms with Crippen LogP contribution in [-0.4, -0.2) is 28.0 Å². The largest absolute Gasteiger partial charge is 0.257 e. The number of hydrogen-bond donors (Lipinski definition) is 0. The molecule has 4 aromatic heterocycles. The first-order valence-electron chi connectivity index (χ1n) is 16.6. The minimum absolute atomic E-state index is 0.906. The summed E-state index contributed by atoms with van der Waals surface area (Å²) in [5.74, 6) is 0. The molecule has 0 amide bonds. The third-order valence-electron chi connectivity index (χ3n) is 10.0. The zero-order chi connectivity index (χ0) is 32.4. The Hall–Kier alpha value is -6.30. The summed E-state index contributed by atoms with van der Waals surface area (Å²) >= 11 is 0. The Morgan fingerprint density at radius 3 is 1.24 bits per heavy atom. The molecule has 0 N–H and O–H groups in total. The number of allylic oxidation sites excluding steroid dienone is 2. The van der Waals surface area contributed by atoms with E-state index < -0.39 is 8.07 Å². The molecule has 0 fully saturated rings. The summed E-state index contributed by atoms with van der Waals surface area (Å²) in [4.78, 5) is 21.1. The predicted octanol–water partition coefficient (Wildman–Crippen LogP) is 8.43. The molecule has 0 atom stereocenters. The van der Waals surface area contributed by atoms with Crippen LogP contribution in [0.15, 0.2) is 170 Å². The number of nitrogens with zero attached hydrogens (tertiary/aromatic N) is 4. The van der Waals surface area contributed by atoms with E-state index in [4.69, 9.17) is 19.9 Å². The molecule has 5 heteroatoms. The highest BCUT2D eigenvalue weighted by Crippen LogP contribution is 2.56. The Labute approximate surface area is 284 Å². The highest BCUT2D eigenvalue weighted by molar-refractivity contribution is 7.31. The van der Waals surface area contributed by atoms with Crippen molar-refractivity contribution >= 4 is 61.8 Å². The summed E-state index contributed by atoms with van der Waals surface area (Å²) in [6, 6.07) is 55.9. The van der Waals surface area contributed by atoms with Gasteiger partial charge in [0.25, 0.3) is 0 Å². The number of benzene rings is 4. The SMILES string of the molecule is c1ccc(C2=C(c3ccc4ccccc4n3)C(c3ccc4ccccc4n3)=C(c3ccccn3)[Si]23c2ccccc2-c2ccccc23)nc1. The molecule has 0 radical (unpaired) electrons. The molecular formula is C44H28N4Si. The van der Waals surface area contributed by atoms with E-state index in [9.17, 15) is 0 Å². The fraction of sp³-hybridized carbons (Fsp3) is 0. The summed E-state index contributed by atoms with van der Waals surface area (Å²) in [5, 5.41) is 7.33. The van der Waals surface area contributed by atoms with Gasteiger partial charge >= 0.3 is 0 Å². The van der Waals surface area contributed by atoms with E-state index in [1.807, 2.05) is 24.5 Å². The second kappa shape index (κ2) is 10.9. The summed E-state index contributed by atoms with van der Waals surface area (Å²) in [6.07, 6.45) is 3.82. The molecule has 0 unspecified atom stereocenters. The molecule has 0 aliphatic carbocycles. The van der Waals surface area contributed by atoms with Crippen molar-refractivity contribution in [3.8, 4) is 11.1 Å². The molecule has 0 saturated carbocycles. The summed E-state index contributed by atoms with van der Waals surface area (Å²) in [6.45, 7) is 0. The average Bonchev–Trinajstić information content (AvgIpc) is 3.66. The van der Waals surface area contributed by atoms with Crippen molar-refractivity contribution < 1.29 is 0 Å². The van der Waals surface area contributed by atoms with Crippen LogP contribution < -0.4 is 10.4 Å². The van der Waals surface area contributed by atoms with Crippen molar-refractivity contribution in [3.63, 3.8) is 0 Å². The molecule has 49 heavy (non-hydrogen) atoms. The molecule has 0 saturated heterocycles. The molecular weight excluding hydrogens is 613 g/mol. The number of rotatable bonds is 4. The van der Waals surface area contributed by atoms with Crippen LogP contribution in [0.3, 0.4) is 0 Å². The van der Waals surface area contributed by atoms with E-state index in [0.717, 1.165) is 55.7 Å². The quantitative estimate of drug-likeness (QED) is 0.181. The standard InChI is InChI=1S/C44H28N4Si/c1-5-17-33-29(13-1)23-25-35(47-33)41-42(36-26-24-30-14-2-6-18-34(30)48-36)44(38-20-10-12-28-46-38)49(43(41)37-19-9-11-27-45-37)39-21-7-3-15-31(39)32-16-4-8-22-40(32)49/h1-28H. The normalized spacial score (nSPS) is 14.5. The van der Waals surface area contributed by atoms with Gasteiger partial charge in [-0.15, -0.1) is 0 Å². The van der Waals surface area contributed by atoms with Crippen LogP contribution in [0.5, 0.6) is 0 Å². The van der Waals surface area contributed by atoms with Crippen molar-refractivity contribution in [3.05, 3.63) is 193 Å². The van der Waals surface area contributed by atoms with Crippen LogP contribution in [0.1, 0.15) is 22.8 Å². The van der Waals surface area contributed by atoms with Crippen molar-refractivity contribution in [1.82, 2.24) is 19.9 Å². The number of para-hydroxylation sites is 2. The second-order valence-corrected chi connectivity index (χ2v) is 16.1. The van der Waals surface area contributed by atoms with Gasteiger partial charge in [0.2, 0.25) is 0 Å². The topological polar surface area (TPSA) is 51.6 Å². The fourth-order valence-electron chi connectivity index (χ4n) is 8.11. The van der Waals surface area contributed by atoms with E-state index in [1.54, 1.807) is 0 Å². The third kappa shape index (κ3) is 4.03. The third-order valence-corrected chi connectivity index (χ3v) is 15.0. The van der Waals surface area contributed by atoms with E-state index in [1.165, 1.54) is 31.9 Å². The lowest BCUT2D eigenvalue weighted by Crippen LogP contribution is -2.57. The smallest absolute Gasteiger partial charge is 0.187 e. The van der Waals surface area contributed by atoms with Gasteiger partial charge in [-0.05, 0) is 80.4 Å². The fourth-order valence-corrected chi connectivity index (χ4v) is 14.0. The molecule has 10 rings (SSSR count). The second-order valence-electron chi connectivity index (χ2n) is 12.5. The molecule has 4 aromatic carbocycles. The van der Waals surface area contributed by atoms with Gasteiger partial charge < -0.3 is 0 Å². The maximum atomic E-state index is 5.42. The highest BCUT2D eigenvalue weighted by Gasteiger charge is 2.58. The summed E-state index contributed by atoms with van der Waals surface area (Å²) in [5.41, 5.74) is 10.3. The minimum Gasteiger partial charge on any atom is -0.257 e. The maximum Gasteiger partial charge on any atom is 0.187 e. The summed E-state index contributed by atoms with van der Waals surface area (Å²) in [7, 11) is -3.12. The Bertz CT molecular complexity index is 2480. The van der Waals surface area contributed by atoms with Crippen LogP contribution >= 0.6 is 0 Å². The number of fused-ring (bicyclic) bond motifs is 7. The van der Waals surface area contributed by atoms with E-state index in [2.05, 4.69) is 146 Å². The first-order chi connectivity index (χ1) is 24.3. The van der Waals surface area contributed by atoms with E-state index >= 15 is 0 Å². The molecule has 4 nitrogen and oxygen atoms in total. The Morgan fingerprint density at radius 1 is 0.347 bits per heavy atom. The molecule has 8 aromatic rings. The van der Waals surface area contributed by atoms with E-state index in [0.29, 0.717) is 0 Å². The monoisotopic (exact) mass is 640 g/mol. The van der Waals surface area contributed by atoms with Crippen LogP contribution in [0.25, 0.3) is 54.5 Å². The molecule has 2 aliphatic rings. The lowest BCUT2D eigenvalue weighted by molar-refractivity contribution is 1.28. The molecule has 1 spiro atoms. The number of aromatic nitrogens is 4. The molecule has 228 valence electrons. The maximum absolute atomic E-state index is 5.42. The van der Waals surface area contributed by atoms with E-state index in [-0.39, 0.29) is 0 Å². The van der Waals surface area contributed by atoms with Gasteiger partial charge in [-0.25, -0.2) is 9.97 Å². The molecule has 2 aliphatic heterocycles. The van der Waals surface area contributed by atoms with Gasteiger partial charge in [0.1, 0.15) is 0 Å². The lowest BCUT2D eigenvalue weighted by atomic mass is 9.95. The predicted molar refractivity (Wildman–Crippen MR) is 202 cm³/mol. The van der Waals surface area contributed by atoms with Crippen LogP contribution in [-0.2, 0) is 0 Å². The van der Waals surface area contributed by atoms with Crippen molar-refractivity contribution in [1.29, 1.82) is 0 Å².